The van der Waals surface area contributed by atoms with Gasteiger partial charge in [-0.15, -0.1) is 0 Å². The minimum absolute atomic E-state index is 0.274. The Morgan fingerprint density at radius 3 is 2.16 bits per heavy atom. The molecule has 1 heterocycles. The van der Waals surface area contributed by atoms with Crippen molar-refractivity contribution in [2.75, 3.05) is 16.0 Å². The molecule has 0 spiro atoms. The Balaban J connectivity index is 1.53. The van der Waals surface area contributed by atoms with Gasteiger partial charge in [0, 0.05) is 0 Å². The Kier molecular flexibility index (Phi) is 6.04. The fourth-order valence-electron chi connectivity index (χ4n) is 3.26. The lowest BCUT2D eigenvalue weighted by molar-refractivity contribution is 0.475. The molecule has 0 fully saturated rings. The molecular weight excluding hydrogens is 310 g/mol. The van der Waals surface area contributed by atoms with Gasteiger partial charge in [-0.3, -0.25) is 10.9 Å². The standard InChI is InChI=1S/C21H29N3O/c1-2-3-4-5-6-7-8-11-17-14-15-21(25)20(16-17)24-22-18-12-9-10-13-19(18)23-24/h9-10,12-16,22-23,25H,2-8,11H2,1H3. The van der Waals surface area contributed by atoms with E-state index in [-0.39, 0.29) is 5.75 Å². The second-order valence-corrected chi connectivity index (χ2v) is 6.80. The predicted octanol–water partition coefficient (Wildman–Crippen LogP) is 5.86. The van der Waals surface area contributed by atoms with Crippen molar-refractivity contribution >= 4 is 17.1 Å². The molecule has 0 saturated heterocycles. The monoisotopic (exact) mass is 339 g/mol. The van der Waals surface area contributed by atoms with E-state index < -0.39 is 0 Å². The van der Waals surface area contributed by atoms with Gasteiger partial charge in [0.05, 0.1) is 11.4 Å². The van der Waals surface area contributed by atoms with E-state index in [1.807, 2.05) is 30.3 Å². The summed E-state index contributed by atoms with van der Waals surface area (Å²) in [6, 6.07) is 13.9. The first kappa shape index (κ1) is 17.5. The predicted molar refractivity (Wildman–Crippen MR) is 106 cm³/mol. The summed E-state index contributed by atoms with van der Waals surface area (Å²) in [6.45, 7) is 2.25. The normalized spacial score (nSPS) is 12.6. The van der Waals surface area contributed by atoms with Crippen molar-refractivity contribution in [1.82, 2.24) is 0 Å². The number of fused-ring (bicyclic) bond motifs is 1. The molecule has 3 N–H and O–H groups in total. The average molecular weight is 339 g/mol. The van der Waals surface area contributed by atoms with Gasteiger partial charge < -0.3 is 5.11 Å². The van der Waals surface area contributed by atoms with E-state index in [9.17, 15) is 5.11 Å². The van der Waals surface area contributed by atoms with Crippen LogP contribution in [0.2, 0.25) is 0 Å². The zero-order valence-electron chi connectivity index (χ0n) is 15.1. The summed E-state index contributed by atoms with van der Waals surface area (Å²) >= 11 is 0. The Bertz CT molecular complexity index is 662. The third-order valence-corrected chi connectivity index (χ3v) is 4.74. The summed E-state index contributed by atoms with van der Waals surface area (Å²) in [4.78, 5) is 0. The number of unbranched alkanes of at least 4 members (excludes halogenated alkanes) is 6. The minimum Gasteiger partial charge on any atom is -0.506 e. The molecule has 0 aromatic heterocycles. The van der Waals surface area contributed by atoms with Crippen LogP contribution in [0.1, 0.15) is 57.4 Å². The summed E-state index contributed by atoms with van der Waals surface area (Å²) in [5, 5.41) is 12.0. The topological polar surface area (TPSA) is 47.5 Å². The van der Waals surface area contributed by atoms with E-state index in [1.54, 1.807) is 11.2 Å². The van der Waals surface area contributed by atoms with Gasteiger partial charge in [0.1, 0.15) is 11.4 Å². The second kappa shape index (κ2) is 8.65. The summed E-state index contributed by atoms with van der Waals surface area (Å²) in [6.07, 6.45) is 10.3. The molecule has 2 aromatic rings. The highest BCUT2D eigenvalue weighted by atomic mass is 16.3. The molecule has 0 unspecified atom stereocenters. The van der Waals surface area contributed by atoms with Crippen molar-refractivity contribution < 1.29 is 5.11 Å². The number of phenols is 1. The molecule has 1 aliphatic rings. The third-order valence-electron chi connectivity index (χ3n) is 4.74. The van der Waals surface area contributed by atoms with Crippen LogP contribution in [-0.4, -0.2) is 5.11 Å². The van der Waals surface area contributed by atoms with Gasteiger partial charge in [0.25, 0.3) is 0 Å². The molecule has 1 aliphatic heterocycles. The first-order valence-electron chi connectivity index (χ1n) is 9.52. The molecular formula is C21H29N3O. The lowest BCUT2D eigenvalue weighted by Crippen LogP contribution is -2.29. The van der Waals surface area contributed by atoms with Crippen molar-refractivity contribution in [2.45, 2.75) is 58.3 Å². The second-order valence-electron chi connectivity index (χ2n) is 6.80. The van der Waals surface area contributed by atoms with E-state index >= 15 is 0 Å². The number of anilines is 3. The quantitative estimate of drug-likeness (QED) is 0.501. The highest BCUT2D eigenvalue weighted by Crippen LogP contribution is 2.35. The summed E-state index contributed by atoms with van der Waals surface area (Å²) in [5.41, 5.74) is 10.6. The zero-order chi connectivity index (χ0) is 17.5. The van der Waals surface area contributed by atoms with Crippen LogP contribution in [0.4, 0.5) is 17.1 Å². The van der Waals surface area contributed by atoms with Crippen LogP contribution >= 0.6 is 0 Å². The van der Waals surface area contributed by atoms with Gasteiger partial charge in [0.15, 0.2) is 0 Å². The highest BCUT2D eigenvalue weighted by Gasteiger charge is 2.20. The molecule has 134 valence electrons. The largest absolute Gasteiger partial charge is 0.506 e. The molecule has 3 rings (SSSR count). The Morgan fingerprint density at radius 2 is 1.48 bits per heavy atom. The summed E-state index contributed by atoms with van der Waals surface area (Å²) < 4.78 is 0. The number of rotatable bonds is 9. The van der Waals surface area contributed by atoms with Crippen molar-refractivity contribution in [3.8, 4) is 5.75 Å². The minimum atomic E-state index is 0.274. The zero-order valence-corrected chi connectivity index (χ0v) is 15.1. The summed E-state index contributed by atoms with van der Waals surface area (Å²) in [5.74, 6) is 0.274. The molecule has 25 heavy (non-hydrogen) atoms. The molecule has 0 saturated carbocycles. The maximum absolute atomic E-state index is 10.2. The van der Waals surface area contributed by atoms with Gasteiger partial charge in [0.2, 0.25) is 0 Å². The SMILES string of the molecule is CCCCCCCCCc1ccc(O)c(N2Nc3ccccc3N2)c1. The molecule has 0 amide bonds. The van der Waals surface area contributed by atoms with Crippen LogP contribution < -0.4 is 16.0 Å². The van der Waals surface area contributed by atoms with Crippen molar-refractivity contribution in [1.29, 1.82) is 0 Å². The van der Waals surface area contributed by atoms with E-state index in [0.717, 1.165) is 23.5 Å². The Hall–Kier alpha value is -2.36. The van der Waals surface area contributed by atoms with Gasteiger partial charge in [-0.2, -0.15) is 5.12 Å². The van der Waals surface area contributed by atoms with E-state index in [4.69, 9.17) is 0 Å². The third kappa shape index (κ3) is 4.59. The maximum atomic E-state index is 10.2. The maximum Gasteiger partial charge on any atom is 0.142 e. The lowest BCUT2D eigenvalue weighted by Gasteiger charge is -2.20. The number of nitrogens with one attached hydrogen (secondary N) is 2. The molecule has 0 radical (unpaired) electrons. The van der Waals surface area contributed by atoms with E-state index in [0.29, 0.717) is 0 Å². The van der Waals surface area contributed by atoms with Gasteiger partial charge in [-0.05, 0) is 42.7 Å². The number of aromatic hydroxyl groups is 1. The molecule has 0 bridgehead atoms. The number of hydrazine groups is 2. The molecule has 4 heteroatoms. The smallest absolute Gasteiger partial charge is 0.142 e. The fourth-order valence-corrected chi connectivity index (χ4v) is 3.26. The molecule has 0 aliphatic carbocycles. The van der Waals surface area contributed by atoms with E-state index in [1.165, 1.54) is 50.5 Å². The first-order valence-corrected chi connectivity index (χ1v) is 9.52. The number of para-hydroxylation sites is 2. The van der Waals surface area contributed by atoms with Crippen molar-refractivity contribution in [3.63, 3.8) is 0 Å². The number of nitrogens with zero attached hydrogens (tertiary/aromatic N) is 1. The first-order chi connectivity index (χ1) is 12.3. The van der Waals surface area contributed by atoms with Crippen molar-refractivity contribution in [2.24, 2.45) is 0 Å². The van der Waals surface area contributed by atoms with Crippen LogP contribution in [0.25, 0.3) is 0 Å². The number of benzene rings is 2. The Labute approximate surface area is 150 Å². The summed E-state index contributed by atoms with van der Waals surface area (Å²) in [7, 11) is 0. The average Bonchev–Trinajstić information content (AvgIpc) is 3.06. The van der Waals surface area contributed by atoms with Gasteiger partial charge >= 0.3 is 0 Å². The van der Waals surface area contributed by atoms with Gasteiger partial charge in [-0.25, -0.2) is 0 Å². The van der Waals surface area contributed by atoms with Crippen LogP contribution in [0.15, 0.2) is 42.5 Å². The number of hydrogen-bond acceptors (Lipinski definition) is 4. The van der Waals surface area contributed by atoms with Crippen molar-refractivity contribution in [3.05, 3.63) is 48.0 Å². The Morgan fingerprint density at radius 1 is 0.840 bits per heavy atom. The lowest BCUT2D eigenvalue weighted by atomic mass is 10.0. The van der Waals surface area contributed by atoms with Gasteiger partial charge in [-0.1, -0.05) is 63.6 Å². The molecule has 0 atom stereocenters. The number of hydrogen-bond donors (Lipinski definition) is 3. The van der Waals surface area contributed by atoms with Crippen LogP contribution in [0, 0.1) is 0 Å². The highest BCUT2D eigenvalue weighted by molar-refractivity contribution is 5.80. The van der Waals surface area contributed by atoms with Crippen LogP contribution in [0.5, 0.6) is 5.75 Å². The van der Waals surface area contributed by atoms with Crippen LogP contribution in [-0.2, 0) is 6.42 Å². The van der Waals surface area contributed by atoms with E-state index in [2.05, 4.69) is 23.8 Å². The molecule has 2 aromatic carbocycles. The fraction of sp³-hybridized carbons (Fsp3) is 0.429. The number of aryl methyl sites for hydroxylation is 1. The number of phenolic OH excluding ortho intramolecular Hbond substituents is 1. The van der Waals surface area contributed by atoms with Crippen LogP contribution in [0.3, 0.4) is 0 Å². The molecule has 4 nitrogen and oxygen atoms in total.